The van der Waals surface area contributed by atoms with Gasteiger partial charge >= 0.3 is 0 Å². The number of nitrogens with one attached hydrogen (secondary N) is 1. The molecule has 4 heteroatoms. The number of hydrogen-bond donors (Lipinski definition) is 1. The van der Waals surface area contributed by atoms with Crippen molar-refractivity contribution in [3.8, 4) is 0 Å². The number of rotatable bonds is 4. The summed E-state index contributed by atoms with van der Waals surface area (Å²) in [7, 11) is 0. The van der Waals surface area contributed by atoms with Crippen molar-refractivity contribution in [1.82, 2.24) is 10.2 Å². The van der Waals surface area contributed by atoms with Gasteiger partial charge in [0, 0.05) is 37.7 Å². The van der Waals surface area contributed by atoms with Gasteiger partial charge in [0.1, 0.15) is 0 Å². The number of hydrogen-bond acceptors (Lipinski definition) is 3. The van der Waals surface area contributed by atoms with E-state index in [-0.39, 0.29) is 0 Å². The Morgan fingerprint density at radius 1 is 1.21 bits per heavy atom. The van der Waals surface area contributed by atoms with Crippen LogP contribution in [0.2, 0.25) is 0 Å². The molecule has 0 aromatic carbocycles. The molecule has 2 atom stereocenters. The van der Waals surface area contributed by atoms with E-state index in [2.05, 4.69) is 17.1 Å². The number of ether oxygens (including phenoxy) is 1. The molecule has 0 aromatic heterocycles. The molecule has 1 aliphatic carbocycles. The van der Waals surface area contributed by atoms with Gasteiger partial charge in [0.2, 0.25) is 5.91 Å². The third kappa shape index (κ3) is 3.29. The summed E-state index contributed by atoms with van der Waals surface area (Å²) in [4.78, 5) is 14.1. The molecule has 1 saturated carbocycles. The normalized spacial score (nSPS) is 30.6. The molecule has 2 unspecified atom stereocenters. The fraction of sp³-hybridized carbons (Fsp3) is 0.933. The van der Waals surface area contributed by atoms with Crippen molar-refractivity contribution >= 4 is 5.91 Å². The van der Waals surface area contributed by atoms with Gasteiger partial charge in [0.15, 0.2) is 0 Å². The van der Waals surface area contributed by atoms with Crippen LogP contribution in [0.4, 0.5) is 0 Å². The second-order valence-corrected chi connectivity index (χ2v) is 6.45. The van der Waals surface area contributed by atoms with Crippen molar-refractivity contribution in [1.29, 1.82) is 0 Å². The largest absolute Gasteiger partial charge is 0.381 e. The Kier molecular flexibility index (Phi) is 4.08. The molecule has 4 nitrogen and oxygen atoms in total. The monoisotopic (exact) mass is 266 g/mol. The minimum Gasteiger partial charge on any atom is -0.381 e. The van der Waals surface area contributed by atoms with E-state index in [1.807, 2.05) is 0 Å². The molecule has 2 aliphatic heterocycles. The summed E-state index contributed by atoms with van der Waals surface area (Å²) in [6.45, 7) is 6.00. The Labute approximate surface area is 115 Å². The van der Waals surface area contributed by atoms with Crippen molar-refractivity contribution in [2.45, 2.75) is 51.1 Å². The van der Waals surface area contributed by atoms with Gasteiger partial charge < -0.3 is 15.0 Å². The van der Waals surface area contributed by atoms with Crippen LogP contribution in [0.1, 0.15) is 39.0 Å². The molecule has 0 aromatic rings. The predicted molar refractivity (Wildman–Crippen MR) is 73.8 cm³/mol. The Bertz CT molecular complexity index is 316. The number of carbonyl (C=O) groups is 1. The van der Waals surface area contributed by atoms with Crippen molar-refractivity contribution in [3.05, 3.63) is 0 Å². The van der Waals surface area contributed by atoms with Crippen molar-refractivity contribution in [3.63, 3.8) is 0 Å². The molecule has 0 bridgehead atoms. The molecular weight excluding hydrogens is 240 g/mol. The maximum absolute atomic E-state index is 12.0. The first-order chi connectivity index (χ1) is 9.24. The van der Waals surface area contributed by atoms with E-state index in [0.717, 1.165) is 52.0 Å². The van der Waals surface area contributed by atoms with Crippen LogP contribution in [0, 0.1) is 11.8 Å². The first kappa shape index (κ1) is 13.4. The molecular formula is C15H26N2O2. The average molecular weight is 266 g/mol. The van der Waals surface area contributed by atoms with Gasteiger partial charge in [0.25, 0.3) is 0 Å². The molecule has 0 radical (unpaired) electrons. The Morgan fingerprint density at radius 3 is 2.53 bits per heavy atom. The molecule has 1 amide bonds. The van der Waals surface area contributed by atoms with Crippen LogP contribution in [0.5, 0.6) is 0 Å². The van der Waals surface area contributed by atoms with Crippen LogP contribution in [0.3, 0.4) is 0 Å². The number of carbonyl (C=O) groups excluding carboxylic acids is 1. The lowest BCUT2D eigenvalue weighted by Crippen LogP contribution is -2.49. The summed E-state index contributed by atoms with van der Waals surface area (Å²) in [6.07, 6.45) is 5.64. The van der Waals surface area contributed by atoms with E-state index in [4.69, 9.17) is 4.74 Å². The van der Waals surface area contributed by atoms with Gasteiger partial charge in [-0.15, -0.1) is 0 Å². The summed E-state index contributed by atoms with van der Waals surface area (Å²) in [5, 5.41) is 3.75. The second kappa shape index (κ2) is 5.80. The van der Waals surface area contributed by atoms with Gasteiger partial charge in [-0.05, 0) is 44.9 Å². The summed E-state index contributed by atoms with van der Waals surface area (Å²) in [5.74, 6) is 1.46. The van der Waals surface area contributed by atoms with Crippen LogP contribution in [-0.2, 0) is 9.53 Å². The summed E-state index contributed by atoms with van der Waals surface area (Å²) in [5.41, 5.74) is 0. The minimum atomic E-state index is 0.374. The fourth-order valence-corrected chi connectivity index (χ4v) is 3.31. The smallest absolute Gasteiger partial charge is 0.225 e. The molecule has 3 rings (SSSR count). The van der Waals surface area contributed by atoms with Crippen LogP contribution in [0.25, 0.3) is 0 Å². The molecule has 19 heavy (non-hydrogen) atoms. The highest BCUT2D eigenvalue weighted by molar-refractivity contribution is 5.81. The molecule has 108 valence electrons. The Morgan fingerprint density at radius 2 is 1.95 bits per heavy atom. The first-order valence-corrected chi connectivity index (χ1v) is 7.86. The maximum atomic E-state index is 12.0. The second-order valence-electron chi connectivity index (χ2n) is 6.45. The molecule has 2 heterocycles. The molecule has 0 spiro atoms. The minimum absolute atomic E-state index is 0.374. The summed E-state index contributed by atoms with van der Waals surface area (Å²) in [6, 6.07) is 1.12. The zero-order valence-electron chi connectivity index (χ0n) is 11.9. The van der Waals surface area contributed by atoms with E-state index in [1.165, 1.54) is 6.42 Å². The number of amides is 1. The Balaban J connectivity index is 1.40. The van der Waals surface area contributed by atoms with Gasteiger partial charge in [-0.2, -0.15) is 0 Å². The summed E-state index contributed by atoms with van der Waals surface area (Å²) < 4.78 is 5.46. The third-order valence-electron chi connectivity index (χ3n) is 4.90. The zero-order valence-corrected chi connectivity index (χ0v) is 11.9. The van der Waals surface area contributed by atoms with E-state index in [9.17, 15) is 4.79 Å². The predicted octanol–water partition coefficient (Wildman–Crippen LogP) is 1.40. The lowest BCUT2D eigenvalue weighted by molar-refractivity contribution is -0.133. The van der Waals surface area contributed by atoms with Crippen molar-refractivity contribution in [2.24, 2.45) is 11.8 Å². The van der Waals surface area contributed by atoms with E-state index < -0.39 is 0 Å². The third-order valence-corrected chi connectivity index (χ3v) is 4.90. The molecule has 1 N–H and O–H groups in total. The van der Waals surface area contributed by atoms with Gasteiger partial charge in [-0.3, -0.25) is 4.79 Å². The van der Waals surface area contributed by atoms with Crippen LogP contribution in [-0.4, -0.2) is 49.2 Å². The molecule has 2 saturated heterocycles. The highest BCUT2D eigenvalue weighted by atomic mass is 16.5. The van der Waals surface area contributed by atoms with Gasteiger partial charge in [-0.1, -0.05) is 0 Å². The maximum Gasteiger partial charge on any atom is 0.225 e. The topological polar surface area (TPSA) is 41.6 Å². The quantitative estimate of drug-likeness (QED) is 0.836. The van der Waals surface area contributed by atoms with Gasteiger partial charge in [-0.25, -0.2) is 0 Å². The van der Waals surface area contributed by atoms with Crippen LogP contribution >= 0.6 is 0 Å². The fourth-order valence-electron chi connectivity index (χ4n) is 3.31. The number of likely N-dealkylation sites (tertiary alicyclic amines) is 1. The van der Waals surface area contributed by atoms with Crippen molar-refractivity contribution in [2.75, 3.05) is 26.3 Å². The number of nitrogens with zero attached hydrogens (tertiary/aromatic N) is 1. The molecule has 3 fully saturated rings. The lowest BCUT2D eigenvalue weighted by Gasteiger charge is -2.35. The van der Waals surface area contributed by atoms with Crippen molar-refractivity contribution < 1.29 is 9.53 Å². The highest BCUT2D eigenvalue weighted by Gasteiger charge is 2.35. The number of piperidine rings is 1. The van der Waals surface area contributed by atoms with E-state index in [0.29, 0.717) is 29.8 Å². The highest BCUT2D eigenvalue weighted by Crippen LogP contribution is 2.32. The lowest BCUT2D eigenvalue weighted by atomic mass is 9.97. The van der Waals surface area contributed by atoms with E-state index >= 15 is 0 Å². The SMILES string of the molecule is CC(NC1CCN(C(=O)C2CC2)CC1)C1CCOC1. The summed E-state index contributed by atoms with van der Waals surface area (Å²) >= 11 is 0. The van der Waals surface area contributed by atoms with Gasteiger partial charge in [0.05, 0.1) is 6.61 Å². The van der Waals surface area contributed by atoms with Crippen LogP contribution in [0.15, 0.2) is 0 Å². The standard InChI is InChI=1S/C15H26N2O2/c1-11(13-6-9-19-10-13)16-14-4-7-17(8-5-14)15(18)12-2-3-12/h11-14,16H,2-10H2,1H3. The van der Waals surface area contributed by atoms with E-state index in [1.54, 1.807) is 0 Å². The Hall–Kier alpha value is -0.610. The average Bonchev–Trinajstić information content (AvgIpc) is 3.13. The first-order valence-electron chi connectivity index (χ1n) is 7.86. The zero-order chi connectivity index (χ0) is 13.2. The van der Waals surface area contributed by atoms with Crippen LogP contribution < -0.4 is 5.32 Å². The molecule has 3 aliphatic rings.